The summed E-state index contributed by atoms with van der Waals surface area (Å²) in [6.07, 6.45) is 2.54. The van der Waals surface area contributed by atoms with Gasteiger partial charge in [0.25, 0.3) is 0 Å². The second-order valence-electron chi connectivity index (χ2n) is 10.7. The fourth-order valence-electron chi connectivity index (χ4n) is 5.96. The Morgan fingerprint density at radius 3 is 2.32 bits per heavy atom. The number of nitrogens with zero attached hydrogens (tertiary/aromatic N) is 1. The molecule has 1 unspecified atom stereocenters. The highest BCUT2D eigenvalue weighted by Gasteiger charge is 2.46. The number of ketones is 1. The lowest BCUT2D eigenvalue weighted by molar-refractivity contribution is -0.139. The molecule has 1 fully saturated rings. The number of hydrogen-bond donors (Lipinski definition) is 0. The first kappa shape index (κ1) is 28.3. The second-order valence-corrected chi connectivity index (χ2v) is 10.7. The van der Waals surface area contributed by atoms with Gasteiger partial charge in [-0.2, -0.15) is 0 Å². The molecule has 0 aromatic heterocycles. The Labute approximate surface area is 242 Å². The van der Waals surface area contributed by atoms with E-state index in [2.05, 4.69) is 12.1 Å². The van der Waals surface area contributed by atoms with Gasteiger partial charge in [-0.25, -0.2) is 4.79 Å². The molecule has 3 aromatic rings. The van der Waals surface area contributed by atoms with E-state index < -0.39 is 17.8 Å². The summed E-state index contributed by atoms with van der Waals surface area (Å²) in [6, 6.07) is 25.7. The minimum Gasteiger partial charge on any atom is -0.493 e. The van der Waals surface area contributed by atoms with Gasteiger partial charge < -0.3 is 14.2 Å². The Morgan fingerprint density at radius 2 is 1.61 bits per heavy atom. The number of benzene rings is 3. The van der Waals surface area contributed by atoms with Crippen LogP contribution in [-0.2, 0) is 20.7 Å². The van der Waals surface area contributed by atoms with Gasteiger partial charge in [0.15, 0.2) is 11.5 Å². The first-order valence-corrected chi connectivity index (χ1v) is 14.4. The van der Waals surface area contributed by atoms with Crippen LogP contribution in [0.2, 0.25) is 0 Å². The van der Waals surface area contributed by atoms with Gasteiger partial charge >= 0.3 is 5.97 Å². The standard InChI is InChI=1S/C35H37NO5/c1-4-18-40-30-16-15-26(22-31(30)39-3)33-32(35(38)41-19-17-24-11-7-5-8-12-24)23(2)36-28-20-27(21-29(37)34(28)33)25-13-9-6-10-14-25/h5-16,22,27,33-34H,4,17-21H2,1-3H3/t27-,33-,34?/m1/s1. The van der Waals surface area contributed by atoms with E-state index in [0.29, 0.717) is 48.6 Å². The van der Waals surface area contributed by atoms with E-state index in [1.54, 1.807) is 7.11 Å². The van der Waals surface area contributed by atoms with Gasteiger partial charge in [0.2, 0.25) is 0 Å². The monoisotopic (exact) mass is 551 g/mol. The predicted molar refractivity (Wildman–Crippen MR) is 160 cm³/mol. The largest absolute Gasteiger partial charge is 0.493 e. The molecule has 212 valence electrons. The number of allylic oxidation sites excluding steroid dienone is 1. The van der Waals surface area contributed by atoms with Crippen molar-refractivity contribution < 1.29 is 23.8 Å². The number of methoxy groups -OCH3 is 1. The summed E-state index contributed by atoms with van der Waals surface area (Å²) in [6.45, 7) is 4.70. The summed E-state index contributed by atoms with van der Waals surface area (Å²) in [5, 5.41) is 0. The molecular formula is C35H37NO5. The quantitative estimate of drug-likeness (QED) is 0.258. The van der Waals surface area contributed by atoms with Gasteiger partial charge in [-0.05, 0) is 54.5 Å². The molecule has 0 amide bonds. The molecule has 0 saturated heterocycles. The number of Topliss-reactive ketones (excluding diaryl/α,β-unsaturated/α-hetero) is 1. The Balaban J connectivity index is 1.50. The predicted octanol–water partition coefficient (Wildman–Crippen LogP) is 6.85. The molecule has 3 aromatic carbocycles. The number of hydrogen-bond acceptors (Lipinski definition) is 6. The molecule has 2 aliphatic rings. The van der Waals surface area contributed by atoms with Crippen LogP contribution in [0.25, 0.3) is 0 Å². The van der Waals surface area contributed by atoms with E-state index >= 15 is 0 Å². The molecule has 1 aliphatic heterocycles. The minimum absolute atomic E-state index is 0.0610. The topological polar surface area (TPSA) is 74.2 Å². The van der Waals surface area contributed by atoms with Crippen molar-refractivity contribution in [3.05, 3.63) is 107 Å². The number of rotatable bonds is 10. The first-order chi connectivity index (χ1) is 20.0. The maximum absolute atomic E-state index is 13.9. The van der Waals surface area contributed by atoms with E-state index in [0.717, 1.165) is 28.8 Å². The summed E-state index contributed by atoms with van der Waals surface area (Å²) in [5.74, 6) is -0.149. The van der Waals surface area contributed by atoms with Crippen LogP contribution < -0.4 is 9.47 Å². The number of carbonyl (C=O) groups is 2. The average molecular weight is 552 g/mol. The lowest BCUT2D eigenvalue weighted by Gasteiger charge is -2.38. The zero-order chi connectivity index (χ0) is 28.8. The van der Waals surface area contributed by atoms with Crippen LogP contribution in [-0.4, -0.2) is 37.8 Å². The molecular weight excluding hydrogens is 514 g/mol. The second kappa shape index (κ2) is 13.0. The van der Waals surface area contributed by atoms with Crippen molar-refractivity contribution in [2.24, 2.45) is 10.9 Å². The van der Waals surface area contributed by atoms with Crippen LogP contribution >= 0.6 is 0 Å². The fourth-order valence-corrected chi connectivity index (χ4v) is 5.96. The average Bonchev–Trinajstić information content (AvgIpc) is 3.00. The highest BCUT2D eigenvalue weighted by atomic mass is 16.5. The fraction of sp³-hybridized carbons (Fsp3) is 0.343. The van der Waals surface area contributed by atoms with Crippen LogP contribution in [0.4, 0.5) is 0 Å². The van der Waals surface area contributed by atoms with E-state index in [1.807, 2.05) is 80.6 Å². The molecule has 6 nitrogen and oxygen atoms in total. The van der Waals surface area contributed by atoms with E-state index in [9.17, 15) is 9.59 Å². The third kappa shape index (κ3) is 6.27. The van der Waals surface area contributed by atoms with Gasteiger partial charge in [0.05, 0.1) is 31.8 Å². The molecule has 6 heteroatoms. The van der Waals surface area contributed by atoms with Crippen LogP contribution in [0.1, 0.15) is 61.6 Å². The molecule has 3 atom stereocenters. The third-order valence-electron chi connectivity index (χ3n) is 7.92. The number of fused-ring (bicyclic) bond motifs is 1. The summed E-state index contributed by atoms with van der Waals surface area (Å²) in [5.41, 5.74) is 4.88. The first-order valence-electron chi connectivity index (χ1n) is 14.4. The van der Waals surface area contributed by atoms with Crippen molar-refractivity contribution >= 4 is 17.5 Å². The molecule has 41 heavy (non-hydrogen) atoms. The molecule has 0 bridgehead atoms. The zero-order valence-electron chi connectivity index (χ0n) is 24.0. The highest BCUT2D eigenvalue weighted by molar-refractivity contribution is 6.12. The van der Waals surface area contributed by atoms with Crippen molar-refractivity contribution in [1.82, 2.24) is 0 Å². The van der Waals surface area contributed by atoms with Gasteiger partial charge in [-0.3, -0.25) is 9.79 Å². The van der Waals surface area contributed by atoms with Crippen molar-refractivity contribution in [3.63, 3.8) is 0 Å². The molecule has 1 heterocycles. The molecule has 1 aliphatic carbocycles. The Hall–Kier alpha value is -4.19. The molecule has 1 saturated carbocycles. The maximum atomic E-state index is 13.9. The molecule has 0 spiro atoms. The number of carbonyl (C=O) groups excluding carboxylic acids is 2. The van der Waals surface area contributed by atoms with Gasteiger partial charge in [0.1, 0.15) is 5.78 Å². The van der Waals surface area contributed by atoms with Crippen molar-refractivity contribution in [2.75, 3.05) is 20.3 Å². The Kier molecular flexibility index (Phi) is 8.98. The number of aliphatic imine (C=N–C) groups is 1. The van der Waals surface area contributed by atoms with Crippen LogP contribution in [0.5, 0.6) is 11.5 Å². The molecule has 0 N–H and O–H groups in total. The summed E-state index contributed by atoms with van der Waals surface area (Å²) in [4.78, 5) is 32.5. The minimum atomic E-state index is -0.539. The van der Waals surface area contributed by atoms with Crippen LogP contribution in [0.15, 0.2) is 95.1 Å². The Morgan fingerprint density at radius 1 is 0.878 bits per heavy atom. The van der Waals surface area contributed by atoms with Gasteiger partial charge in [0, 0.05) is 30.2 Å². The number of ether oxygens (including phenoxy) is 3. The highest BCUT2D eigenvalue weighted by Crippen LogP contribution is 2.47. The van der Waals surface area contributed by atoms with E-state index in [4.69, 9.17) is 19.2 Å². The molecule has 0 radical (unpaired) electrons. The molecule has 5 rings (SSSR count). The SMILES string of the molecule is CCCOc1ccc([C@@H]2C(C(=O)OCCc3ccccc3)=C(C)N=C3C[C@@H](c4ccccc4)CC(=O)C32)cc1OC. The van der Waals surface area contributed by atoms with Crippen molar-refractivity contribution in [2.45, 2.75) is 51.4 Å². The van der Waals surface area contributed by atoms with Crippen molar-refractivity contribution in [3.8, 4) is 11.5 Å². The summed E-state index contributed by atoms with van der Waals surface area (Å²) >= 11 is 0. The lowest BCUT2D eigenvalue weighted by Crippen LogP contribution is -2.41. The zero-order valence-corrected chi connectivity index (χ0v) is 24.0. The normalized spacial score (nSPS) is 20.2. The maximum Gasteiger partial charge on any atom is 0.336 e. The van der Waals surface area contributed by atoms with E-state index in [-0.39, 0.29) is 18.3 Å². The van der Waals surface area contributed by atoms with Crippen LogP contribution in [0.3, 0.4) is 0 Å². The van der Waals surface area contributed by atoms with Gasteiger partial charge in [-0.15, -0.1) is 0 Å². The lowest BCUT2D eigenvalue weighted by atomic mass is 9.66. The third-order valence-corrected chi connectivity index (χ3v) is 7.92. The summed E-state index contributed by atoms with van der Waals surface area (Å²) < 4.78 is 17.4. The Bertz CT molecular complexity index is 1440. The summed E-state index contributed by atoms with van der Waals surface area (Å²) in [7, 11) is 1.60. The van der Waals surface area contributed by atoms with Crippen molar-refractivity contribution in [1.29, 1.82) is 0 Å². The van der Waals surface area contributed by atoms with Gasteiger partial charge in [-0.1, -0.05) is 73.7 Å². The number of esters is 1. The smallest absolute Gasteiger partial charge is 0.336 e. The van der Waals surface area contributed by atoms with E-state index in [1.165, 1.54) is 0 Å². The van der Waals surface area contributed by atoms with Crippen LogP contribution in [0, 0.1) is 5.92 Å².